The van der Waals surface area contributed by atoms with Crippen LogP contribution in [-0.4, -0.2) is 14.5 Å². The Bertz CT molecular complexity index is 1830. The van der Waals surface area contributed by atoms with E-state index >= 15 is 0 Å². The van der Waals surface area contributed by atoms with E-state index in [2.05, 4.69) is 131 Å². The highest BCUT2D eigenvalue weighted by atomic mass is 79.9. The summed E-state index contributed by atoms with van der Waals surface area (Å²) >= 11 is 3.70. The van der Waals surface area contributed by atoms with Gasteiger partial charge in [0.1, 0.15) is 0 Å². The van der Waals surface area contributed by atoms with Crippen molar-refractivity contribution >= 4 is 32.9 Å². The van der Waals surface area contributed by atoms with Crippen molar-refractivity contribution in [3.05, 3.63) is 143 Å². The van der Waals surface area contributed by atoms with Gasteiger partial charge in [-0.15, -0.1) is 0 Å². The predicted molar refractivity (Wildman–Crippen MR) is 176 cm³/mol. The maximum absolute atomic E-state index is 5.05. The first-order chi connectivity index (χ1) is 20.1. The van der Waals surface area contributed by atoms with Gasteiger partial charge in [0.15, 0.2) is 5.82 Å². The Morgan fingerprint density at radius 3 is 2.12 bits per heavy atom. The summed E-state index contributed by atoms with van der Waals surface area (Å²) in [4.78, 5) is 10.0. The van der Waals surface area contributed by atoms with Crippen molar-refractivity contribution in [1.29, 1.82) is 0 Å². The van der Waals surface area contributed by atoms with Crippen LogP contribution in [0.3, 0.4) is 0 Å². The second-order valence-corrected chi connectivity index (χ2v) is 10.9. The lowest BCUT2D eigenvalue weighted by atomic mass is 10.1. The maximum Gasteiger partial charge on any atom is 0.160 e. The highest BCUT2D eigenvalue weighted by Crippen LogP contribution is 2.34. The minimum atomic E-state index is 0.714. The van der Waals surface area contributed by atoms with Crippen molar-refractivity contribution in [3.63, 3.8) is 0 Å². The zero-order valence-corrected chi connectivity index (χ0v) is 24.7. The van der Waals surface area contributed by atoms with Crippen molar-refractivity contribution in [3.8, 4) is 39.6 Å². The highest BCUT2D eigenvalue weighted by Gasteiger charge is 2.16. The molecule has 2 heterocycles. The summed E-state index contributed by atoms with van der Waals surface area (Å²) in [7, 11) is 0. The standard InChI is InChI=1S/C37H30BrN3/c1-3-4-5-12-20-32-26(2)41(36-24-30(38)21-22-33(32)36)31-19-13-18-29(23-31)35-25-34(27-14-8-6-9-15-27)39-37(40-35)28-16-10-7-11-17-28/h4-25H,3H2,1-2H3/b5-4+,20-12-. The lowest BCUT2D eigenvalue weighted by Gasteiger charge is -2.13. The first-order valence-corrected chi connectivity index (χ1v) is 14.7. The number of aromatic nitrogens is 3. The third kappa shape index (κ3) is 5.57. The van der Waals surface area contributed by atoms with Gasteiger partial charge in [-0.3, -0.25) is 0 Å². The molecule has 0 aliphatic rings. The Morgan fingerprint density at radius 1 is 0.707 bits per heavy atom. The van der Waals surface area contributed by atoms with Crippen molar-refractivity contribution in [2.75, 3.05) is 0 Å². The molecule has 0 aliphatic carbocycles. The van der Waals surface area contributed by atoms with Gasteiger partial charge in [-0.2, -0.15) is 0 Å². The molecule has 6 rings (SSSR count). The van der Waals surface area contributed by atoms with Gasteiger partial charge < -0.3 is 4.57 Å². The average molecular weight is 597 g/mol. The van der Waals surface area contributed by atoms with E-state index in [1.807, 2.05) is 36.4 Å². The molecule has 0 atom stereocenters. The van der Waals surface area contributed by atoms with Crippen molar-refractivity contribution in [1.82, 2.24) is 14.5 Å². The summed E-state index contributed by atoms with van der Waals surface area (Å²) in [6.45, 7) is 4.34. The minimum absolute atomic E-state index is 0.714. The van der Waals surface area contributed by atoms with Crippen LogP contribution < -0.4 is 0 Å². The number of fused-ring (bicyclic) bond motifs is 1. The van der Waals surface area contributed by atoms with E-state index in [1.165, 1.54) is 16.6 Å². The predicted octanol–water partition coefficient (Wildman–Crippen LogP) is 10.5. The van der Waals surface area contributed by atoms with Gasteiger partial charge in [0.05, 0.1) is 16.9 Å². The molecule has 4 aromatic carbocycles. The van der Waals surface area contributed by atoms with E-state index in [-0.39, 0.29) is 0 Å². The second-order valence-electron chi connectivity index (χ2n) is 9.94. The number of hydrogen-bond acceptors (Lipinski definition) is 2. The van der Waals surface area contributed by atoms with Crippen LogP contribution in [0.1, 0.15) is 24.6 Å². The van der Waals surface area contributed by atoms with E-state index < -0.39 is 0 Å². The monoisotopic (exact) mass is 595 g/mol. The number of hydrogen-bond donors (Lipinski definition) is 0. The zero-order valence-electron chi connectivity index (χ0n) is 23.1. The lowest BCUT2D eigenvalue weighted by Crippen LogP contribution is -1.99. The summed E-state index contributed by atoms with van der Waals surface area (Å²) in [6.07, 6.45) is 9.64. The fourth-order valence-corrected chi connectivity index (χ4v) is 5.54. The molecule has 0 amide bonds. The van der Waals surface area contributed by atoms with Gasteiger partial charge in [0.25, 0.3) is 0 Å². The molecule has 200 valence electrons. The van der Waals surface area contributed by atoms with Gasteiger partial charge in [-0.1, -0.05) is 126 Å². The highest BCUT2D eigenvalue weighted by molar-refractivity contribution is 9.10. The van der Waals surface area contributed by atoms with Crippen LogP contribution in [0.15, 0.2) is 132 Å². The Kier molecular flexibility index (Phi) is 7.75. The molecule has 0 fully saturated rings. The van der Waals surface area contributed by atoms with Crippen LogP contribution >= 0.6 is 15.9 Å². The van der Waals surface area contributed by atoms with E-state index in [0.29, 0.717) is 5.82 Å². The van der Waals surface area contributed by atoms with Crippen LogP contribution in [-0.2, 0) is 0 Å². The Hall–Kier alpha value is -4.54. The molecular weight excluding hydrogens is 566 g/mol. The molecular formula is C37H30BrN3. The van der Waals surface area contributed by atoms with Crippen molar-refractivity contribution in [2.45, 2.75) is 20.3 Å². The largest absolute Gasteiger partial charge is 0.313 e. The van der Waals surface area contributed by atoms with E-state index in [4.69, 9.17) is 9.97 Å². The van der Waals surface area contributed by atoms with E-state index in [9.17, 15) is 0 Å². The molecule has 0 saturated carbocycles. The minimum Gasteiger partial charge on any atom is -0.313 e. The molecule has 0 saturated heterocycles. The molecule has 0 aliphatic heterocycles. The third-order valence-corrected chi connectivity index (χ3v) is 7.68. The summed E-state index contributed by atoms with van der Waals surface area (Å²) in [5, 5.41) is 1.22. The van der Waals surface area contributed by atoms with Crippen molar-refractivity contribution < 1.29 is 0 Å². The van der Waals surface area contributed by atoms with Crippen LogP contribution in [0.25, 0.3) is 56.6 Å². The summed E-state index contributed by atoms with van der Waals surface area (Å²) < 4.78 is 3.39. The third-order valence-electron chi connectivity index (χ3n) is 7.19. The van der Waals surface area contributed by atoms with E-state index in [0.717, 1.165) is 50.2 Å². The maximum atomic E-state index is 5.05. The molecule has 41 heavy (non-hydrogen) atoms. The van der Waals surface area contributed by atoms with Crippen LogP contribution in [0, 0.1) is 6.92 Å². The Labute approximate surface area is 249 Å². The molecule has 4 heteroatoms. The number of halogens is 1. The van der Waals surface area contributed by atoms with Crippen LogP contribution in [0.5, 0.6) is 0 Å². The van der Waals surface area contributed by atoms with Gasteiger partial charge in [-0.05, 0) is 43.7 Å². The molecule has 0 radical (unpaired) electrons. The number of benzene rings is 4. The number of rotatable bonds is 7. The molecule has 0 N–H and O–H groups in total. The molecule has 0 unspecified atom stereocenters. The topological polar surface area (TPSA) is 30.7 Å². The second kappa shape index (κ2) is 11.9. The van der Waals surface area contributed by atoms with Crippen LogP contribution in [0.2, 0.25) is 0 Å². The number of allylic oxidation sites excluding steroid dienone is 3. The Balaban J connectivity index is 1.51. The SMILES string of the molecule is CC/C=C/C=C\c1c(C)n(-c2cccc(-c3cc(-c4ccccc4)nc(-c4ccccc4)n3)c2)c2cc(Br)ccc12. The number of nitrogens with zero attached hydrogens (tertiary/aromatic N) is 3. The zero-order chi connectivity index (χ0) is 28.2. The normalized spacial score (nSPS) is 11.7. The smallest absolute Gasteiger partial charge is 0.160 e. The van der Waals surface area contributed by atoms with Gasteiger partial charge >= 0.3 is 0 Å². The molecule has 3 nitrogen and oxygen atoms in total. The van der Waals surface area contributed by atoms with Crippen LogP contribution in [0.4, 0.5) is 0 Å². The average Bonchev–Trinajstić information content (AvgIpc) is 3.29. The van der Waals surface area contributed by atoms with Crippen molar-refractivity contribution in [2.24, 2.45) is 0 Å². The Morgan fingerprint density at radius 2 is 1.39 bits per heavy atom. The fourth-order valence-electron chi connectivity index (χ4n) is 5.20. The fraction of sp³-hybridized carbons (Fsp3) is 0.0811. The quantitative estimate of drug-likeness (QED) is 0.172. The lowest BCUT2D eigenvalue weighted by molar-refractivity contribution is 1.05. The molecule has 0 bridgehead atoms. The van der Waals surface area contributed by atoms with Gasteiger partial charge in [0.2, 0.25) is 0 Å². The first kappa shape index (κ1) is 26.7. The summed E-state index contributed by atoms with van der Waals surface area (Å²) in [6, 6.07) is 37.7. The molecule has 6 aromatic rings. The molecule has 2 aromatic heterocycles. The summed E-state index contributed by atoms with van der Waals surface area (Å²) in [5.74, 6) is 0.714. The van der Waals surface area contributed by atoms with E-state index in [1.54, 1.807) is 0 Å². The van der Waals surface area contributed by atoms with Gasteiger partial charge in [0, 0.05) is 43.5 Å². The molecule has 0 spiro atoms. The first-order valence-electron chi connectivity index (χ1n) is 13.9. The van der Waals surface area contributed by atoms with Gasteiger partial charge in [-0.25, -0.2) is 9.97 Å². The summed E-state index contributed by atoms with van der Waals surface area (Å²) in [5.41, 5.74) is 9.55.